The largest absolute Gasteiger partial charge is 0.477 e. The van der Waals surface area contributed by atoms with Crippen LogP contribution in [0.1, 0.15) is 22.8 Å². The Hall–Kier alpha value is -1.23. The maximum Gasteiger partial charge on any atom is 0.341 e. The van der Waals surface area contributed by atoms with Crippen molar-refractivity contribution in [3.05, 3.63) is 34.2 Å². The highest BCUT2D eigenvalue weighted by Gasteiger charge is 2.20. The van der Waals surface area contributed by atoms with Crippen molar-refractivity contribution in [2.45, 2.75) is 12.5 Å². The molecule has 5 heteroatoms. The monoisotopic (exact) mass is 225 g/mol. The van der Waals surface area contributed by atoms with Crippen molar-refractivity contribution in [2.24, 2.45) is 0 Å². The maximum absolute atomic E-state index is 11.8. The van der Waals surface area contributed by atoms with Gasteiger partial charge in [-0.25, -0.2) is 4.79 Å². The van der Waals surface area contributed by atoms with Crippen molar-refractivity contribution in [1.29, 1.82) is 0 Å². The van der Waals surface area contributed by atoms with Gasteiger partial charge in [-0.2, -0.15) is 11.8 Å². The van der Waals surface area contributed by atoms with Crippen molar-refractivity contribution >= 4 is 17.7 Å². The predicted octanol–water partition coefficient (Wildman–Crippen LogP) is 1.22. The molecule has 0 radical (unpaired) electrons. The summed E-state index contributed by atoms with van der Waals surface area (Å²) in [5, 5.41) is 8.81. The summed E-state index contributed by atoms with van der Waals surface area (Å²) in [6.07, 6.45) is 2.61. The summed E-state index contributed by atoms with van der Waals surface area (Å²) in [4.78, 5) is 22.5. The van der Waals surface area contributed by atoms with Crippen LogP contribution in [-0.2, 0) is 0 Å². The zero-order valence-electron chi connectivity index (χ0n) is 8.05. The first-order valence-electron chi connectivity index (χ1n) is 4.72. The molecular weight excluding hydrogens is 214 g/mol. The summed E-state index contributed by atoms with van der Waals surface area (Å²) in [5.74, 6) is 0.775. The molecular formula is C10H11NO3S. The highest BCUT2D eigenvalue weighted by atomic mass is 32.2. The van der Waals surface area contributed by atoms with Crippen LogP contribution in [0.25, 0.3) is 0 Å². The lowest BCUT2D eigenvalue weighted by molar-refractivity contribution is 0.0694. The molecule has 0 bridgehead atoms. The van der Waals surface area contributed by atoms with Crippen LogP contribution < -0.4 is 5.56 Å². The van der Waals surface area contributed by atoms with Gasteiger partial charge in [-0.05, 0) is 24.3 Å². The van der Waals surface area contributed by atoms with Crippen LogP contribution >= 0.6 is 11.8 Å². The smallest absolute Gasteiger partial charge is 0.341 e. The minimum atomic E-state index is -1.15. The third-order valence-corrected chi connectivity index (χ3v) is 3.65. The first kappa shape index (κ1) is 10.3. The van der Waals surface area contributed by atoms with E-state index in [1.54, 1.807) is 28.6 Å². The van der Waals surface area contributed by atoms with E-state index in [9.17, 15) is 9.59 Å². The highest BCUT2D eigenvalue weighted by Crippen LogP contribution is 2.26. The number of pyridine rings is 1. The molecule has 1 aromatic heterocycles. The van der Waals surface area contributed by atoms with Gasteiger partial charge in [0.1, 0.15) is 5.56 Å². The molecule has 1 atom stereocenters. The van der Waals surface area contributed by atoms with Crippen molar-refractivity contribution in [2.75, 3.05) is 11.5 Å². The van der Waals surface area contributed by atoms with E-state index in [-0.39, 0.29) is 11.6 Å². The summed E-state index contributed by atoms with van der Waals surface area (Å²) in [6.45, 7) is 0. The SMILES string of the molecule is O=C(O)c1cccn(C2CCSC2)c1=O. The van der Waals surface area contributed by atoms with Gasteiger partial charge in [0.2, 0.25) is 0 Å². The summed E-state index contributed by atoms with van der Waals surface area (Å²) in [6, 6.07) is 3.12. The summed E-state index contributed by atoms with van der Waals surface area (Å²) < 4.78 is 1.55. The second kappa shape index (κ2) is 4.10. The van der Waals surface area contributed by atoms with Crippen molar-refractivity contribution in [1.82, 2.24) is 4.57 Å². The number of aromatic carboxylic acids is 1. The van der Waals surface area contributed by atoms with Crippen LogP contribution in [0.2, 0.25) is 0 Å². The average Bonchev–Trinajstić information content (AvgIpc) is 2.70. The number of carboxylic acid groups (broad SMARTS) is 1. The van der Waals surface area contributed by atoms with Crippen LogP contribution in [0.4, 0.5) is 0 Å². The fraction of sp³-hybridized carbons (Fsp3) is 0.400. The van der Waals surface area contributed by atoms with Gasteiger partial charge in [0.25, 0.3) is 5.56 Å². The normalized spacial score (nSPS) is 20.4. The van der Waals surface area contributed by atoms with E-state index in [0.29, 0.717) is 0 Å². The van der Waals surface area contributed by atoms with Gasteiger partial charge in [-0.1, -0.05) is 0 Å². The van der Waals surface area contributed by atoms with Crippen LogP contribution in [-0.4, -0.2) is 27.1 Å². The van der Waals surface area contributed by atoms with Gasteiger partial charge in [0.15, 0.2) is 0 Å². The van der Waals surface area contributed by atoms with Crippen LogP contribution in [0, 0.1) is 0 Å². The van der Waals surface area contributed by atoms with E-state index in [2.05, 4.69) is 0 Å². The summed E-state index contributed by atoms with van der Waals surface area (Å²) in [7, 11) is 0. The lowest BCUT2D eigenvalue weighted by Gasteiger charge is -2.12. The second-order valence-electron chi connectivity index (χ2n) is 3.46. The number of thioether (sulfide) groups is 1. The van der Waals surface area contributed by atoms with Crippen LogP contribution in [0.15, 0.2) is 23.1 Å². The topological polar surface area (TPSA) is 59.3 Å². The Morgan fingerprint density at radius 1 is 1.60 bits per heavy atom. The Balaban J connectivity index is 2.44. The van der Waals surface area contributed by atoms with Crippen LogP contribution in [0.5, 0.6) is 0 Å². The molecule has 80 valence electrons. The van der Waals surface area contributed by atoms with Crippen LogP contribution in [0.3, 0.4) is 0 Å². The van der Waals surface area contributed by atoms with Gasteiger partial charge in [-0.3, -0.25) is 4.79 Å². The number of carboxylic acids is 1. The Kier molecular flexibility index (Phi) is 2.81. The second-order valence-corrected chi connectivity index (χ2v) is 4.61. The van der Waals surface area contributed by atoms with Crippen molar-refractivity contribution < 1.29 is 9.90 Å². The number of rotatable bonds is 2. The van der Waals surface area contributed by atoms with Gasteiger partial charge < -0.3 is 9.67 Å². The van der Waals surface area contributed by atoms with Gasteiger partial charge in [0, 0.05) is 18.0 Å². The first-order valence-corrected chi connectivity index (χ1v) is 5.88. The number of carbonyl (C=O) groups is 1. The van der Waals surface area contributed by atoms with E-state index in [1.165, 1.54) is 6.07 Å². The van der Waals surface area contributed by atoms with Crippen molar-refractivity contribution in [3.8, 4) is 0 Å². The Morgan fingerprint density at radius 2 is 2.40 bits per heavy atom. The lowest BCUT2D eigenvalue weighted by Crippen LogP contribution is -2.28. The standard InChI is InChI=1S/C10H11NO3S/c12-9-8(10(13)14)2-1-4-11(9)7-3-5-15-6-7/h1-2,4,7H,3,5-6H2,(H,13,14). The van der Waals surface area contributed by atoms with Gasteiger partial charge >= 0.3 is 5.97 Å². The molecule has 0 amide bonds. The predicted molar refractivity (Wildman–Crippen MR) is 58.6 cm³/mol. The minimum Gasteiger partial charge on any atom is -0.477 e. The number of aromatic nitrogens is 1. The van der Waals surface area contributed by atoms with E-state index in [4.69, 9.17) is 5.11 Å². The first-order chi connectivity index (χ1) is 7.20. The molecule has 1 N–H and O–H groups in total. The number of hydrogen-bond acceptors (Lipinski definition) is 3. The average molecular weight is 225 g/mol. The molecule has 1 saturated heterocycles. The third kappa shape index (κ3) is 1.92. The third-order valence-electron chi connectivity index (χ3n) is 2.50. The van der Waals surface area contributed by atoms with Gasteiger partial charge in [0.05, 0.1) is 0 Å². The number of hydrogen-bond donors (Lipinski definition) is 1. The van der Waals surface area contributed by atoms with E-state index in [0.717, 1.165) is 17.9 Å². The molecule has 2 heterocycles. The molecule has 1 fully saturated rings. The molecule has 0 aliphatic carbocycles. The molecule has 15 heavy (non-hydrogen) atoms. The fourth-order valence-corrected chi connectivity index (χ4v) is 2.91. The Bertz CT molecular complexity index is 435. The van der Waals surface area contributed by atoms with Gasteiger partial charge in [-0.15, -0.1) is 0 Å². The van der Waals surface area contributed by atoms with Crippen molar-refractivity contribution in [3.63, 3.8) is 0 Å². The molecule has 1 aliphatic heterocycles. The van der Waals surface area contributed by atoms with E-state index in [1.807, 2.05) is 0 Å². The van der Waals surface area contributed by atoms with E-state index < -0.39 is 11.5 Å². The molecule has 0 spiro atoms. The number of nitrogens with zero attached hydrogens (tertiary/aromatic N) is 1. The quantitative estimate of drug-likeness (QED) is 0.822. The molecule has 1 aliphatic rings. The molecule has 0 saturated carbocycles. The fourth-order valence-electron chi connectivity index (χ4n) is 1.70. The highest BCUT2D eigenvalue weighted by molar-refractivity contribution is 7.99. The summed E-state index contributed by atoms with van der Waals surface area (Å²) in [5.41, 5.74) is -0.535. The molecule has 1 aromatic rings. The zero-order valence-corrected chi connectivity index (χ0v) is 8.87. The molecule has 4 nitrogen and oxygen atoms in total. The minimum absolute atomic E-state index is 0.144. The zero-order chi connectivity index (χ0) is 10.8. The Labute approximate surface area is 90.9 Å². The molecule has 1 unspecified atom stereocenters. The Morgan fingerprint density at radius 3 is 3.00 bits per heavy atom. The molecule has 0 aromatic carbocycles. The lowest BCUT2D eigenvalue weighted by atomic mass is 10.2. The van der Waals surface area contributed by atoms with E-state index >= 15 is 0 Å². The summed E-state index contributed by atoms with van der Waals surface area (Å²) >= 11 is 1.79. The maximum atomic E-state index is 11.8. The molecule has 2 rings (SSSR count).